The Labute approximate surface area is 153 Å². The molecule has 2 N–H and O–H groups in total. The summed E-state index contributed by atoms with van der Waals surface area (Å²) in [4.78, 5) is 16.5. The minimum atomic E-state index is -0.173. The van der Waals surface area contributed by atoms with E-state index in [-0.39, 0.29) is 12.0 Å². The van der Waals surface area contributed by atoms with Crippen LogP contribution in [-0.2, 0) is 11.2 Å². The Bertz CT molecular complexity index is 730. The van der Waals surface area contributed by atoms with Crippen molar-refractivity contribution < 1.29 is 14.3 Å². The highest BCUT2D eigenvalue weighted by Crippen LogP contribution is 2.15. The van der Waals surface area contributed by atoms with Gasteiger partial charge in [0.05, 0.1) is 13.2 Å². The van der Waals surface area contributed by atoms with Crippen LogP contribution in [0.3, 0.4) is 0 Å². The molecule has 6 heteroatoms. The lowest BCUT2D eigenvalue weighted by Gasteiger charge is -2.12. The summed E-state index contributed by atoms with van der Waals surface area (Å²) >= 11 is 0. The number of anilines is 1. The predicted octanol–water partition coefficient (Wildman–Crippen LogP) is 2.65. The molecule has 0 bridgehead atoms. The lowest BCUT2D eigenvalue weighted by atomic mass is 10.1. The maximum Gasteiger partial charge on any atom is 0.269 e. The van der Waals surface area contributed by atoms with Crippen molar-refractivity contribution in [1.29, 1.82) is 0 Å². The van der Waals surface area contributed by atoms with E-state index in [1.165, 1.54) is 0 Å². The Morgan fingerprint density at radius 3 is 3.08 bits per heavy atom. The van der Waals surface area contributed by atoms with Gasteiger partial charge < -0.3 is 20.1 Å². The lowest BCUT2D eigenvalue weighted by Crippen LogP contribution is -2.26. The summed E-state index contributed by atoms with van der Waals surface area (Å²) in [6.45, 7) is 2.13. The minimum absolute atomic E-state index is 0.173. The number of rotatable bonds is 8. The summed E-state index contributed by atoms with van der Waals surface area (Å²) in [5.74, 6) is 0.647. The third-order valence-corrected chi connectivity index (χ3v) is 4.38. The van der Waals surface area contributed by atoms with Crippen LogP contribution in [0.5, 0.6) is 5.75 Å². The summed E-state index contributed by atoms with van der Waals surface area (Å²) in [6.07, 6.45) is 4.83. The van der Waals surface area contributed by atoms with Crippen molar-refractivity contribution in [2.45, 2.75) is 25.4 Å². The van der Waals surface area contributed by atoms with Crippen LogP contribution in [0, 0.1) is 0 Å². The van der Waals surface area contributed by atoms with Crippen LogP contribution >= 0.6 is 0 Å². The van der Waals surface area contributed by atoms with Crippen LogP contribution in [0.25, 0.3) is 0 Å². The van der Waals surface area contributed by atoms with Gasteiger partial charge in [0.25, 0.3) is 5.91 Å². The van der Waals surface area contributed by atoms with E-state index in [0.29, 0.717) is 12.2 Å². The van der Waals surface area contributed by atoms with Crippen molar-refractivity contribution in [2.24, 2.45) is 0 Å². The van der Waals surface area contributed by atoms with Crippen LogP contribution in [0.15, 0.2) is 42.6 Å². The lowest BCUT2D eigenvalue weighted by molar-refractivity contribution is 0.0949. The van der Waals surface area contributed by atoms with Gasteiger partial charge >= 0.3 is 0 Å². The fourth-order valence-electron chi connectivity index (χ4n) is 2.94. The van der Waals surface area contributed by atoms with Gasteiger partial charge in [-0.05, 0) is 49.1 Å². The molecule has 0 aliphatic carbocycles. The van der Waals surface area contributed by atoms with Crippen LogP contribution in [0.2, 0.25) is 0 Å². The quantitative estimate of drug-likeness (QED) is 0.762. The van der Waals surface area contributed by atoms with Crippen molar-refractivity contribution in [1.82, 2.24) is 10.3 Å². The van der Waals surface area contributed by atoms with E-state index < -0.39 is 0 Å². The first kappa shape index (κ1) is 18.2. The number of hydrogen-bond donors (Lipinski definition) is 2. The molecule has 1 unspecified atom stereocenters. The zero-order valence-electron chi connectivity index (χ0n) is 15.0. The molecule has 1 aromatic carbocycles. The van der Waals surface area contributed by atoms with Crippen molar-refractivity contribution >= 4 is 11.6 Å². The number of benzene rings is 1. The molecule has 3 rings (SSSR count). The first-order valence-corrected chi connectivity index (χ1v) is 8.97. The second kappa shape index (κ2) is 9.20. The van der Waals surface area contributed by atoms with Gasteiger partial charge in [0.2, 0.25) is 0 Å². The number of amides is 1. The summed E-state index contributed by atoms with van der Waals surface area (Å²) in [5, 5.41) is 6.23. The molecule has 138 valence electrons. The highest BCUT2D eigenvalue weighted by molar-refractivity contribution is 5.93. The van der Waals surface area contributed by atoms with Gasteiger partial charge in [0, 0.05) is 31.6 Å². The maximum absolute atomic E-state index is 12.3. The monoisotopic (exact) mass is 355 g/mol. The molecule has 2 heterocycles. The number of aromatic nitrogens is 1. The fourth-order valence-corrected chi connectivity index (χ4v) is 2.94. The molecule has 1 amide bonds. The van der Waals surface area contributed by atoms with Crippen molar-refractivity contribution in [3.8, 4) is 5.75 Å². The maximum atomic E-state index is 12.3. The smallest absolute Gasteiger partial charge is 0.269 e. The molecule has 1 atom stereocenters. The highest BCUT2D eigenvalue weighted by atomic mass is 16.5. The van der Waals surface area contributed by atoms with Gasteiger partial charge in [-0.25, -0.2) is 0 Å². The molecular weight excluding hydrogens is 330 g/mol. The van der Waals surface area contributed by atoms with E-state index in [2.05, 4.69) is 15.6 Å². The van der Waals surface area contributed by atoms with Crippen LogP contribution in [0.4, 0.5) is 5.69 Å². The van der Waals surface area contributed by atoms with Gasteiger partial charge in [-0.1, -0.05) is 12.1 Å². The molecular formula is C20H25N3O3. The van der Waals surface area contributed by atoms with Crippen LogP contribution in [0.1, 0.15) is 28.9 Å². The number of hydrogen-bond acceptors (Lipinski definition) is 5. The van der Waals surface area contributed by atoms with Crippen LogP contribution in [-0.4, -0.2) is 43.8 Å². The molecule has 26 heavy (non-hydrogen) atoms. The van der Waals surface area contributed by atoms with E-state index in [0.717, 1.165) is 49.4 Å². The summed E-state index contributed by atoms with van der Waals surface area (Å²) in [7, 11) is 1.65. The first-order valence-electron chi connectivity index (χ1n) is 8.97. The van der Waals surface area contributed by atoms with Gasteiger partial charge in [0.1, 0.15) is 11.4 Å². The van der Waals surface area contributed by atoms with Gasteiger partial charge in [-0.15, -0.1) is 0 Å². The number of nitrogens with one attached hydrogen (secondary N) is 2. The summed E-state index contributed by atoms with van der Waals surface area (Å²) < 4.78 is 10.8. The average Bonchev–Trinajstić information content (AvgIpc) is 3.20. The molecule has 1 saturated heterocycles. The third kappa shape index (κ3) is 5.20. The number of pyridine rings is 1. The number of ether oxygens (including phenoxy) is 2. The topological polar surface area (TPSA) is 72.5 Å². The second-order valence-corrected chi connectivity index (χ2v) is 6.30. The number of carbonyl (C=O) groups is 1. The van der Waals surface area contributed by atoms with Crippen molar-refractivity contribution in [2.75, 3.05) is 32.1 Å². The number of nitrogens with zero attached hydrogens (tertiary/aromatic N) is 1. The molecule has 0 radical (unpaired) electrons. The largest absolute Gasteiger partial charge is 0.497 e. The van der Waals surface area contributed by atoms with Gasteiger partial charge in [0.15, 0.2) is 0 Å². The molecule has 1 aliphatic rings. The Balaban J connectivity index is 1.48. The normalized spacial score (nSPS) is 16.3. The van der Waals surface area contributed by atoms with E-state index in [9.17, 15) is 4.79 Å². The van der Waals surface area contributed by atoms with Crippen molar-refractivity contribution in [3.05, 3.63) is 53.9 Å². The van der Waals surface area contributed by atoms with E-state index in [1.54, 1.807) is 19.4 Å². The molecule has 6 nitrogen and oxygen atoms in total. The van der Waals surface area contributed by atoms with Gasteiger partial charge in [-0.3, -0.25) is 9.78 Å². The Morgan fingerprint density at radius 1 is 1.35 bits per heavy atom. The molecule has 0 spiro atoms. The van der Waals surface area contributed by atoms with Crippen LogP contribution < -0.4 is 15.4 Å². The van der Waals surface area contributed by atoms with Gasteiger partial charge in [-0.2, -0.15) is 0 Å². The number of methoxy groups -OCH3 is 1. The number of carbonyl (C=O) groups excluding carboxylic acids is 1. The third-order valence-electron chi connectivity index (χ3n) is 4.38. The molecule has 1 aliphatic heterocycles. The zero-order chi connectivity index (χ0) is 18.2. The summed E-state index contributed by atoms with van der Waals surface area (Å²) in [5.41, 5.74) is 2.41. The minimum Gasteiger partial charge on any atom is -0.497 e. The average molecular weight is 355 g/mol. The van der Waals surface area contributed by atoms with E-state index >= 15 is 0 Å². The molecule has 1 aromatic heterocycles. The van der Waals surface area contributed by atoms with E-state index in [4.69, 9.17) is 9.47 Å². The Kier molecular flexibility index (Phi) is 6.44. The SMILES string of the molecule is COc1cccc(CCNC(=O)c2cc(NCC3CCCO3)ccn2)c1. The highest BCUT2D eigenvalue weighted by Gasteiger charge is 2.15. The zero-order valence-corrected chi connectivity index (χ0v) is 15.0. The predicted molar refractivity (Wildman–Crippen MR) is 101 cm³/mol. The fraction of sp³-hybridized carbons (Fsp3) is 0.400. The second-order valence-electron chi connectivity index (χ2n) is 6.30. The first-order chi connectivity index (χ1) is 12.7. The molecule has 0 saturated carbocycles. The standard InChI is InChI=1S/C20H25N3O3/c1-25-17-5-2-4-15(12-17)7-9-22-20(24)19-13-16(8-10-21-19)23-14-18-6-3-11-26-18/h2,4-5,8,10,12-13,18H,3,6-7,9,11,14H2,1H3,(H,21,23)(H,22,24). The Morgan fingerprint density at radius 2 is 2.27 bits per heavy atom. The molecule has 2 aromatic rings. The Hall–Kier alpha value is -2.60. The molecule has 1 fully saturated rings. The van der Waals surface area contributed by atoms with E-state index in [1.807, 2.05) is 30.3 Å². The van der Waals surface area contributed by atoms with Crippen molar-refractivity contribution in [3.63, 3.8) is 0 Å². The summed E-state index contributed by atoms with van der Waals surface area (Å²) in [6, 6.07) is 11.5.